The summed E-state index contributed by atoms with van der Waals surface area (Å²) in [6.07, 6.45) is 3.86. The number of fused-ring (bicyclic) bond motifs is 1. The maximum Gasteiger partial charge on any atom is 0.150 e. The molecular weight excluding hydrogens is 478 g/mol. The summed E-state index contributed by atoms with van der Waals surface area (Å²) >= 11 is 6.52. The minimum absolute atomic E-state index is 0.347. The van der Waals surface area contributed by atoms with Gasteiger partial charge in [-0.1, -0.05) is 65.7 Å². The van der Waals surface area contributed by atoms with Crippen LogP contribution in [0, 0.1) is 13.8 Å². The number of hydrogen-bond donors (Lipinski definition) is 0. The van der Waals surface area contributed by atoms with Crippen molar-refractivity contribution in [2.75, 3.05) is 29.4 Å². The SMILES string of the molecule is Cc1ccc(N2CCN(c3ncnc4c3c(-c3ccccc3)cn4-c3ccc(C)c(Cl)c3)C[C@@H]2C)cc1. The number of anilines is 2. The number of rotatable bonds is 4. The first-order valence-electron chi connectivity index (χ1n) is 12.8. The summed E-state index contributed by atoms with van der Waals surface area (Å²) in [7, 11) is 0. The summed E-state index contributed by atoms with van der Waals surface area (Å²) in [5, 5.41) is 1.82. The van der Waals surface area contributed by atoms with Crippen molar-refractivity contribution in [2.24, 2.45) is 0 Å². The highest BCUT2D eigenvalue weighted by Crippen LogP contribution is 2.38. The van der Waals surface area contributed by atoms with Crippen molar-refractivity contribution in [3.05, 3.63) is 101 Å². The van der Waals surface area contributed by atoms with Gasteiger partial charge in [-0.25, -0.2) is 9.97 Å². The van der Waals surface area contributed by atoms with Crippen LogP contribution in [0.1, 0.15) is 18.1 Å². The maximum atomic E-state index is 6.52. The van der Waals surface area contributed by atoms with Gasteiger partial charge in [-0.2, -0.15) is 0 Å². The molecule has 3 aromatic carbocycles. The molecule has 1 saturated heterocycles. The largest absolute Gasteiger partial charge is 0.365 e. The van der Waals surface area contributed by atoms with E-state index in [4.69, 9.17) is 21.6 Å². The smallest absolute Gasteiger partial charge is 0.150 e. The lowest BCUT2D eigenvalue weighted by molar-refractivity contribution is 0.548. The number of piperazine rings is 1. The Morgan fingerprint density at radius 3 is 2.35 bits per heavy atom. The summed E-state index contributed by atoms with van der Waals surface area (Å²) < 4.78 is 2.14. The summed E-state index contributed by atoms with van der Waals surface area (Å²) in [5.41, 5.74) is 7.76. The quantitative estimate of drug-likeness (QED) is 0.260. The van der Waals surface area contributed by atoms with E-state index in [0.29, 0.717) is 6.04 Å². The lowest BCUT2D eigenvalue weighted by Gasteiger charge is -2.42. The van der Waals surface area contributed by atoms with Crippen LogP contribution in [-0.2, 0) is 0 Å². The molecule has 2 aromatic heterocycles. The van der Waals surface area contributed by atoms with Crippen molar-refractivity contribution in [2.45, 2.75) is 26.8 Å². The fourth-order valence-corrected chi connectivity index (χ4v) is 5.50. The highest BCUT2D eigenvalue weighted by Gasteiger charge is 2.28. The molecule has 0 aliphatic carbocycles. The molecule has 1 atom stereocenters. The molecular formula is C31H30ClN5. The van der Waals surface area contributed by atoms with E-state index in [1.165, 1.54) is 11.3 Å². The third-order valence-electron chi connectivity index (χ3n) is 7.37. The second kappa shape index (κ2) is 9.56. The van der Waals surface area contributed by atoms with Crippen LogP contribution in [0.25, 0.3) is 27.8 Å². The number of aryl methyl sites for hydroxylation is 2. The van der Waals surface area contributed by atoms with Gasteiger partial charge in [-0.05, 0) is 56.2 Å². The number of halogens is 1. The average Bonchev–Trinajstić information content (AvgIpc) is 3.31. The van der Waals surface area contributed by atoms with E-state index in [1.54, 1.807) is 6.33 Å². The molecule has 0 radical (unpaired) electrons. The Kier molecular flexibility index (Phi) is 6.09. The fourth-order valence-electron chi connectivity index (χ4n) is 5.32. The molecule has 5 nitrogen and oxygen atoms in total. The monoisotopic (exact) mass is 507 g/mol. The number of aromatic nitrogens is 3. The van der Waals surface area contributed by atoms with Crippen LogP contribution in [0.2, 0.25) is 5.02 Å². The van der Waals surface area contributed by atoms with E-state index < -0.39 is 0 Å². The van der Waals surface area contributed by atoms with E-state index in [1.807, 2.05) is 19.1 Å². The number of nitrogens with zero attached hydrogens (tertiary/aromatic N) is 5. The van der Waals surface area contributed by atoms with Gasteiger partial charge < -0.3 is 14.4 Å². The summed E-state index contributed by atoms with van der Waals surface area (Å²) in [4.78, 5) is 14.5. The van der Waals surface area contributed by atoms with Gasteiger partial charge in [0.15, 0.2) is 5.65 Å². The van der Waals surface area contributed by atoms with Gasteiger partial charge in [-0.3, -0.25) is 0 Å². The number of benzene rings is 3. The highest BCUT2D eigenvalue weighted by atomic mass is 35.5. The minimum atomic E-state index is 0.347. The van der Waals surface area contributed by atoms with Crippen molar-refractivity contribution in [1.82, 2.24) is 14.5 Å². The molecule has 0 amide bonds. The van der Waals surface area contributed by atoms with Crippen LogP contribution in [0.3, 0.4) is 0 Å². The Morgan fingerprint density at radius 2 is 1.62 bits per heavy atom. The molecule has 1 fully saturated rings. The van der Waals surface area contributed by atoms with Crippen molar-refractivity contribution in [3.8, 4) is 16.8 Å². The third kappa shape index (κ3) is 4.34. The van der Waals surface area contributed by atoms with Crippen molar-refractivity contribution < 1.29 is 0 Å². The van der Waals surface area contributed by atoms with Crippen LogP contribution in [0.4, 0.5) is 11.5 Å². The van der Waals surface area contributed by atoms with E-state index in [0.717, 1.165) is 63.9 Å². The van der Waals surface area contributed by atoms with Crippen LogP contribution < -0.4 is 9.80 Å². The summed E-state index contributed by atoms with van der Waals surface area (Å²) in [6, 6.07) is 25.8. The van der Waals surface area contributed by atoms with Gasteiger partial charge in [-0.15, -0.1) is 0 Å². The normalized spacial score (nSPS) is 15.9. The molecule has 186 valence electrons. The molecule has 37 heavy (non-hydrogen) atoms. The zero-order valence-corrected chi connectivity index (χ0v) is 22.2. The molecule has 6 heteroatoms. The topological polar surface area (TPSA) is 37.2 Å². The summed E-state index contributed by atoms with van der Waals surface area (Å²) in [5.74, 6) is 0.983. The Morgan fingerprint density at radius 1 is 0.865 bits per heavy atom. The van der Waals surface area contributed by atoms with Gasteiger partial charge in [0.25, 0.3) is 0 Å². The molecule has 0 spiro atoms. The van der Waals surface area contributed by atoms with Crippen LogP contribution in [0.5, 0.6) is 0 Å². The fraction of sp³-hybridized carbons (Fsp3) is 0.226. The predicted octanol–water partition coefficient (Wildman–Crippen LogP) is 7.07. The van der Waals surface area contributed by atoms with Crippen LogP contribution >= 0.6 is 11.6 Å². The molecule has 1 aliphatic rings. The molecule has 0 bridgehead atoms. The summed E-state index contributed by atoms with van der Waals surface area (Å²) in [6.45, 7) is 9.15. The van der Waals surface area contributed by atoms with Crippen LogP contribution in [-0.4, -0.2) is 40.2 Å². The first-order valence-corrected chi connectivity index (χ1v) is 13.1. The van der Waals surface area contributed by atoms with Gasteiger partial charge in [0.2, 0.25) is 0 Å². The zero-order valence-electron chi connectivity index (χ0n) is 21.4. The zero-order chi connectivity index (χ0) is 25.5. The first kappa shape index (κ1) is 23.6. The van der Waals surface area contributed by atoms with Crippen molar-refractivity contribution in [1.29, 1.82) is 0 Å². The molecule has 0 unspecified atom stereocenters. The second-order valence-electron chi connectivity index (χ2n) is 9.93. The van der Waals surface area contributed by atoms with Crippen molar-refractivity contribution in [3.63, 3.8) is 0 Å². The van der Waals surface area contributed by atoms with Crippen LogP contribution in [0.15, 0.2) is 85.3 Å². The highest BCUT2D eigenvalue weighted by molar-refractivity contribution is 6.31. The Labute approximate surface area is 223 Å². The molecule has 6 rings (SSSR count). The van der Waals surface area contributed by atoms with E-state index >= 15 is 0 Å². The van der Waals surface area contributed by atoms with E-state index in [2.05, 4.69) is 95.1 Å². The average molecular weight is 508 g/mol. The third-order valence-corrected chi connectivity index (χ3v) is 7.78. The predicted molar refractivity (Wildman–Crippen MR) is 154 cm³/mol. The Hall–Kier alpha value is -3.83. The van der Waals surface area contributed by atoms with Gasteiger partial charge in [0.05, 0.1) is 5.39 Å². The molecule has 5 aromatic rings. The van der Waals surface area contributed by atoms with Crippen molar-refractivity contribution >= 4 is 34.1 Å². The Balaban J connectivity index is 1.44. The standard InChI is InChI=1S/C31H30ClN5/c1-21-9-12-25(13-10-21)36-16-15-35(18-23(36)3)30-29-27(24-7-5-4-6-8-24)19-37(31(29)34-20-33-30)26-14-11-22(2)28(32)17-26/h4-14,17,19-20,23H,15-16,18H2,1-3H3/t23-/m0/s1. The van der Waals surface area contributed by atoms with E-state index in [9.17, 15) is 0 Å². The minimum Gasteiger partial charge on any atom is -0.365 e. The maximum absolute atomic E-state index is 6.52. The second-order valence-corrected chi connectivity index (χ2v) is 10.3. The lowest BCUT2D eigenvalue weighted by atomic mass is 10.1. The van der Waals surface area contributed by atoms with Gasteiger partial charge in [0.1, 0.15) is 12.1 Å². The van der Waals surface area contributed by atoms with Gasteiger partial charge in [0, 0.05) is 53.8 Å². The Bertz CT molecular complexity index is 1560. The van der Waals surface area contributed by atoms with E-state index in [-0.39, 0.29) is 0 Å². The number of hydrogen-bond acceptors (Lipinski definition) is 4. The molecule has 0 saturated carbocycles. The first-order chi connectivity index (χ1) is 18.0. The lowest BCUT2D eigenvalue weighted by Crippen LogP contribution is -2.52. The van der Waals surface area contributed by atoms with Gasteiger partial charge >= 0.3 is 0 Å². The molecule has 3 heterocycles. The molecule has 1 aliphatic heterocycles. The molecule has 0 N–H and O–H groups in total.